The van der Waals surface area contributed by atoms with Crippen molar-refractivity contribution in [3.05, 3.63) is 34.1 Å². The summed E-state index contributed by atoms with van der Waals surface area (Å²) in [5, 5.41) is 15.6. The summed E-state index contributed by atoms with van der Waals surface area (Å²) in [7, 11) is 0. The molecule has 114 valence electrons. The van der Waals surface area contributed by atoms with Gasteiger partial charge in [0.15, 0.2) is 0 Å². The monoisotopic (exact) mass is 373 g/mol. The Bertz CT molecular complexity index is 577. The van der Waals surface area contributed by atoms with Gasteiger partial charge in [0.25, 0.3) is 0 Å². The third-order valence-electron chi connectivity index (χ3n) is 2.80. The van der Waals surface area contributed by atoms with Crippen molar-refractivity contribution in [1.29, 1.82) is 0 Å². The maximum Gasteiger partial charge on any atom is 0.209 e. The zero-order chi connectivity index (χ0) is 15.1. The van der Waals surface area contributed by atoms with E-state index in [2.05, 4.69) is 43.7 Å². The normalized spacial score (nSPS) is 11.0. The van der Waals surface area contributed by atoms with E-state index >= 15 is 0 Å². The molecule has 5 nitrogen and oxygen atoms in total. The van der Waals surface area contributed by atoms with E-state index in [1.165, 1.54) is 17.8 Å². The van der Waals surface area contributed by atoms with Crippen LogP contribution in [0.25, 0.3) is 0 Å². The van der Waals surface area contributed by atoms with E-state index in [-0.39, 0.29) is 5.82 Å². The highest BCUT2D eigenvalue weighted by Crippen LogP contribution is 2.23. The van der Waals surface area contributed by atoms with Gasteiger partial charge in [-0.3, -0.25) is 0 Å². The van der Waals surface area contributed by atoms with Crippen LogP contribution >= 0.6 is 27.7 Å². The van der Waals surface area contributed by atoms with E-state index in [1.807, 2.05) is 6.07 Å². The Morgan fingerprint density at radius 1 is 1.38 bits per heavy atom. The molecule has 0 radical (unpaired) electrons. The number of rotatable bonds is 8. The number of tetrazole rings is 1. The molecule has 1 heterocycles. The molecule has 0 aliphatic carbocycles. The SMILES string of the molecule is CCCNCCn1nnnc1SCc1ccc(Br)cc1F. The highest BCUT2D eigenvalue weighted by Gasteiger charge is 2.09. The van der Waals surface area contributed by atoms with Gasteiger partial charge in [-0.1, -0.05) is 40.7 Å². The number of thioether (sulfide) groups is 1. The summed E-state index contributed by atoms with van der Waals surface area (Å²) in [5.74, 6) is 0.280. The quantitative estimate of drug-likeness (QED) is 0.569. The predicted octanol–water partition coefficient (Wildman–Crippen LogP) is 2.87. The molecule has 0 atom stereocenters. The summed E-state index contributed by atoms with van der Waals surface area (Å²) in [6.07, 6.45) is 1.10. The van der Waals surface area contributed by atoms with Crippen LogP contribution in [0.4, 0.5) is 4.39 Å². The van der Waals surface area contributed by atoms with E-state index in [9.17, 15) is 4.39 Å². The van der Waals surface area contributed by atoms with E-state index in [4.69, 9.17) is 0 Å². The van der Waals surface area contributed by atoms with E-state index in [1.54, 1.807) is 10.7 Å². The molecule has 0 saturated carbocycles. The molecule has 0 amide bonds. The number of hydrogen-bond donors (Lipinski definition) is 1. The number of hydrogen-bond acceptors (Lipinski definition) is 5. The van der Waals surface area contributed by atoms with Crippen molar-refractivity contribution in [2.75, 3.05) is 13.1 Å². The fourth-order valence-corrected chi connectivity index (χ4v) is 2.93. The van der Waals surface area contributed by atoms with Gasteiger partial charge in [0, 0.05) is 16.8 Å². The topological polar surface area (TPSA) is 55.6 Å². The first-order valence-electron chi connectivity index (χ1n) is 6.74. The first-order valence-corrected chi connectivity index (χ1v) is 8.52. The van der Waals surface area contributed by atoms with E-state index < -0.39 is 0 Å². The van der Waals surface area contributed by atoms with Crippen LogP contribution < -0.4 is 5.32 Å². The molecule has 0 aliphatic heterocycles. The van der Waals surface area contributed by atoms with Crippen LogP contribution in [0.3, 0.4) is 0 Å². The summed E-state index contributed by atoms with van der Waals surface area (Å²) in [5.41, 5.74) is 0.641. The van der Waals surface area contributed by atoms with Crippen molar-refractivity contribution in [2.45, 2.75) is 30.8 Å². The summed E-state index contributed by atoms with van der Waals surface area (Å²) in [4.78, 5) is 0. The van der Waals surface area contributed by atoms with Gasteiger partial charge in [0.1, 0.15) is 5.82 Å². The fourth-order valence-electron chi connectivity index (χ4n) is 1.71. The van der Waals surface area contributed by atoms with Crippen molar-refractivity contribution in [1.82, 2.24) is 25.5 Å². The number of benzene rings is 1. The smallest absolute Gasteiger partial charge is 0.209 e. The largest absolute Gasteiger partial charge is 0.315 e. The maximum absolute atomic E-state index is 13.8. The maximum atomic E-state index is 13.8. The zero-order valence-corrected chi connectivity index (χ0v) is 14.1. The molecule has 1 aromatic carbocycles. The van der Waals surface area contributed by atoms with Gasteiger partial charge in [0.2, 0.25) is 5.16 Å². The molecular weight excluding hydrogens is 357 g/mol. The van der Waals surface area contributed by atoms with Gasteiger partial charge >= 0.3 is 0 Å². The highest BCUT2D eigenvalue weighted by atomic mass is 79.9. The highest BCUT2D eigenvalue weighted by molar-refractivity contribution is 9.10. The molecule has 0 spiro atoms. The Kier molecular flexibility index (Phi) is 6.59. The molecule has 0 fully saturated rings. The van der Waals surface area contributed by atoms with Crippen molar-refractivity contribution >= 4 is 27.7 Å². The van der Waals surface area contributed by atoms with Crippen LogP contribution in [0.1, 0.15) is 18.9 Å². The minimum Gasteiger partial charge on any atom is -0.315 e. The van der Waals surface area contributed by atoms with E-state index in [0.717, 1.165) is 24.0 Å². The number of nitrogens with zero attached hydrogens (tertiary/aromatic N) is 4. The standard InChI is InChI=1S/C13H17BrFN5S/c1-2-5-16-6-7-20-13(17-18-19-20)21-9-10-3-4-11(14)8-12(10)15/h3-4,8,16H,2,5-7,9H2,1H3. The molecule has 1 aromatic heterocycles. The number of aromatic nitrogens is 4. The summed E-state index contributed by atoms with van der Waals surface area (Å²) in [6, 6.07) is 5.06. The Balaban J connectivity index is 1.90. The predicted molar refractivity (Wildman–Crippen MR) is 84.6 cm³/mol. The lowest BCUT2D eigenvalue weighted by Crippen LogP contribution is -2.21. The zero-order valence-electron chi connectivity index (χ0n) is 11.7. The minimum absolute atomic E-state index is 0.222. The van der Waals surface area contributed by atoms with Gasteiger partial charge < -0.3 is 5.32 Å². The Labute approximate surface area is 135 Å². The van der Waals surface area contributed by atoms with Gasteiger partial charge in [-0.2, -0.15) is 0 Å². The second-order valence-corrected chi connectivity index (χ2v) is 6.32. The molecule has 0 bridgehead atoms. The third kappa shape index (κ3) is 5.05. The van der Waals surface area contributed by atoms with Gasteiger partial charge in [0.05, 0.1) is 6.54 Å². The lowest BCUT2D eigenvalue weighted by atomic mass is 10.2. The van der Waals surface area contributed by atoms with Crippen molar-refractivity contribution < 1.29 is 4.39 Å². The molecule has 2 aromatic rings. The molecule has 0 aliphatic rings. The summed E-state index contributed by atoms with van der Waals surface area (Å²) < 4.78 is 16.2. The van der Waals surface area contributed by atoms with Gasteiger partial charge in [-0.25, -0.2) is 9.07 Å². The van der Waals surface area contributed by atoms with Crippen molar-refractivity contribution in [2.24, 2.45) is 0 Å². The average molecular weight is 374 g/mol. The van der Waals surface area contributed by atoms with Gasteiger partial charge in [-0.15, -0.1) is 5.10 Å². The van der Waals surface area contributed by atoms with Crippen LogP contribution in [0, 0.1) is 5.82 Å². The van der Waals surface area contributed by atoms with Crippen LogP contribution in [0.5, 0.6) is 0 Å². The van der Waals surface area contributed by atoms with Crippen molar-refractivity contribution in [3.63, 3.8) is 0 Å². The molecule has 0 saturated heterocycles. The molecule has 8 heteroatoms. The van der Waals surface area contributed by atoms with Crippen LogP contribution in [-0.2, 0) is 12.3 Å². The Morgan fingerprint density at radius 2 is 2.24 bits per heavy atom. The van der Waals surface area contributed by atoms with Crippen LogP contribution in [0.15, 0.2) is 27.8 Å². The fraction of sp³-hybridized carbons (Fsp3) is 0.462. The van der Waals surface area contributed by atoms with Gasteiger partial charge in [-0.05, 0) is 41.1 Å². The summed E-state index contributed by atoms with van der Waals surface area (Å²) in [6.45, 7) is 4.63. The second kappa shape index (κ2) is 8.45. The third-order valence-corrected chi connectivity index (χ3v) is 4.30. The molecule has 1 N–H and O–H groups in total. The minimum atomic E-state index is -0.222. The Hall–Kier alpha value is -0.990. The Morgan fingerprint density at radius 3 is 3.00 bits per heavy atom. The lowest BCUT2D eigenvalue weighted by molar-refractivity contribution is 0.510. The van der Waals surface area contributed by atoms with Crippen molar-refractivity contribution in [3.8, 4) is 0 Å². The average Bonchev–Trinajstić information content (AvgIpc) is 2.90. The van der Waals surface area contributed by atoms with Crippen LogP contribution in [0.2, 0.25) is 0 Å². The lowest BCUT2D eigenvalue weighted by Gasteiger charge is -2.06. The molecular formula is C13H17BrFN5S. The summed E-state index contributed by atoms with van der Waals surface area (Å²) >= 11 is 4.68. The number of nitrogens with one attached hydrogen (secondary N) is 1. The number of halogens is 2. The second-order valence-electron chi connectivity index (χ2n) is 4.46. The molecule has 0 unspecified atom stereocenters. The first-order chi connectivity index (χ1) is 10.2. The molecule has 2 rings (SSSR count). The van der Waals surface area contributed by atoms with E-state index in [0.29, 0.717) is 23.0 Å². The first kappa shape index (κ1) is 16.4. The van der Waals surface area contributed by atoms with Crippen LogP contribution in [-0.4, -0.2) is 33.3 Å². The molecule has 21 heavy (non-hydrogen) atoms.